The summed E-state index contributed by atoms with van der Waals surface area (Å²) in [5.74, 6) is 0.833. The van der Waals surface area contributed by atoms with Crippen molar-refractivity contribution < 1.29 is 13.2 Å². The highest BCUT2D eigenvalue weighted by molar-refractivity contribution is 5.57. The lowest BCUT2D eigenvalue weighted by Crippen LogP contribution is -2.23. The zero-order chi connectivity index (χ0) is 14.9. The number of anilines is 1. The fourth-order valence-corrected chi connectivity index (χ4v) is 2.73. The number of halogens is 3. The SMILES string of the molecule is CC1CN(c2ccc(CCN)cc2C(F)(F)F)CC1C. The minimum Gasteiger partial charge on any atom is -0.370 e. The summed E-state index contributed by atoms with van der Waals surface area (Å²) in [5.41, 5.74) is 5.83. The fourth-order valence-electron chi connectivity index (χ4n) is 2.73. The Morgan fingerprint density at radius 1 is 1.20 bits per heavy atom. The number of nitrogens with two attached hydrogens (primary N) is 1. The second-order valence-electron chi connectivity index (χ2n) is 5.75. The van der Waals surface area contributed by atoms with Crippen LogP contribution in [0.2, 0.25) is 0 Å². The lowest BCUT2D eigenvalue weighted by Gasteiger charge is -2.24. The van der Waals surface area contributed by atoms with Crippen LogP contribution < -0.4 is 10.6 Å². The number of hydrogen-bond acceptors (Lipinski definition) is 2. The molecule has 1 aromatic carbocycles. The van der Waals surface area contributed by atoms with Gasteiger partial charge in [0.1, 0.15) is 0 Å². The van der Waals surface area contributed by atoms with E-state index in [1.54, 1.807) is 12.1 Å². The summed E-state index contributed by atoms with van der Waals surface area (Å²) in [7, 11) is 0. The molecular formula is C15H21F3N2. The average Bonchev–Trinajstić information content (AvgIpc) is 2.69. The number of nitrogens with zero attached hydrogens (tertiary/aromatic N) is 1. The van der Waals surface area contributed by atoms with Crippen LogP contribution in [0.3, 0.4) is 0 Å². The molecule has 0 aromatic heterocycles. The number of benzene rings is 1. The molecule has 0 aliphatic carbocycles. The average molecular weight is 286 g/mol. The van der Waals surface area contributed by atoms with E-state index < -0.39 is 11.7 Å². The van der Waals surface area contributed by atoms with Crippen molar-refractivity contribution in [3.8, 4) is 0 Å². The normalized spacial score (nSPS) is 23.4. The molecule has 0 spiro atoms. The minimum atomic E-state index is -4.32. The van der Waals surface area contributed by atoms with E-state index in [1.807, 2.05) is 4.90 Å². The van der Waals surface area contributed by atoms with Gasteiger partial charge in [-0.1, -0.05) is 19.9 Å². The van der Waals surface area contributed by atoms with E-state index in [0.29, 0.717) is 49.1 Å². The van der Waals surface area contributed by atoms with Crippen LogP contribution in [0.5, 0.6) is 0 Å². The first-order chi connectivity index (χ1) is 9.32. The highest BCUT2D eigenvalue weighted by Crippen LogP contribution is 2.39. The molecule has 0 bridgehead atoms. The molecular weight excluding hydrogens is 265 g/mol. The smallest absolute Gasteiger partial charge is 0.370 e. The van der Waals surface area contributed by atoms with Gasteiger partial charge < -0.3 is 10.6 Å². The van der Waals surface area contributed by atoms with Gasteiger partial charge in [0.25, 0.3) is 0 Å². The van der Waals surface area contributed by atoms with Crippen LogP contribution in [0, 0.1) is 11.8 Å². The maximum Gasteiger partial charge on any atom is 0.418 e. The molecule has 20 heavy (non-hydrogen) atoms. The molecule has 1 aliphatic rings. The van der Waals surface area contributed by atoms with E-state index in [1.165, 1.54) is 6.07 Å². The molecule has 0 radical (unpaired) electrons. The summed E-state index contributed by atoms with van der Waals surface area (Å²) in [5, 5.41) is 0. The highest BCUT2D eigenvalue weighted by atomic mass is 19.4. The predicted octanol–water partition coefficient (Wildman–Crippen LogP) is 3.30. The van der Waals surface area contributed by atoms with E-state index in [0.717, 1.165) is 0 Å². The van der Waals surface area contributed by atoms with Crippen molar-refractivity contribution in [2.75, 3.05) is 24.5 Å². The van der Waals surface area contributed by atoms with Crippen molar-refractivity contribution in [3.05, 3.63) is 29.3 Å². The fraction of sp³-hybridized carbons (Fsp3) is 0.600. The number of alkyl halides is 3. The van der Waals surface area contributed by atoms with Gasteiger partial charge in [-0.05, 0) is 42.5 Å². The summed E-state index contributed by atoms with van der Waals surface area (Å²) in [4.78, 5) is 1.85. The Balaban J connectivity index is 2.37. The van der Waals surface area contributed by atoms with Crippen LogP contribution in [0.25, 0.3) is 0 Å². The number of rotatable bonds is 3. The van der Waals surface area contributed by atoms with Gasteiger partial charge in [-0.3, -0.25) is 0 Å². The van der Waals surface area contributed by atoms with Gasteiger partial charge in [-0.25, -0.2) is 0 Å². The van der Waals surface area contributed by atoms with Crippen LogP contribution in [0.15, 0.2) is 18.2 Å². The maximum absolute atomic E-state index is 13.3. The van der Waals surface area contributed by atoms with Crippen LogP contribution in [-0.2, 0) is 12.6 Å². The number of hydrogen-bond donors (Lipinski definition) is 1. The third-order valence-electron chi connectivity index (χ3n) is 4.13. The predicted molar refractivity (Wildman–Crippen MR) is 74.7 cm³/mol. The minimum absolute atomic E-state index is 0.300. The molecule has 2 rings (SSSR count). The van der Waals surface area contributed by atoms with Gasteiger partial charge in [0, 0.05) is 18.8 Å². The van der Waals surface area contributed by atoms with Crippen LogP contribution in [0.1, 0.15) is 25.0 Å². The molecule has 1 aliphatic heterocycles. The Hall–Kier alpha value is -1.23. The van der Waals surface area contributed by atoms with Crippen LogP contribution in [-0.4, -0.2) is 19.6 Å². The Morgan fingerprint density at radius 3 is 2.30 bits per heavy atom. The van der Waals surface area contributed by atoms with Crippen molar-refractivity contribution in [2.45, 2.75) is 26.4 Å². The van der Waals surface area contributed by atoms with Gasteiger partial charge >= 0.3 is 6.18 Å². The molecule has 1 aromatic rings. The largest absolute Gasteiger partial charge is 0.418 e. The molecule has 2 unspecified atom stereocenters. The maximum atomic E-state index is 13.3. The van der Waals surface area contributed by atoms with Gasteiger partial charge in [0.05, 0.1) is 5.56 Å². The molecule has 0 amide bonds. The molecule has 0 saturated carbocycles. The summed E-state index contributed by atoms with van der Waals surface area (Å²) < 4.78 is 39.8. The van der Waals surface area contributed by atoms with Crippen LogP contribution >= 0.6 is 0 Å². The summed E-state index contributed by atoms with van der Waals surface area (Å²) in [6.07, 6.45) is -3.86. The van der Waals surface area contributed by atoms with E-state index in [-0.39, 0.29) is 0 Å². The Labute approximate surface area is 117 Å². The Morgan fingerprint density at radius 2 is 1.80 bits per heavy atom. The quantitative estimate of drug-likeness (QED) is 0.923. The lowest BCUT2D eigenvalue weighted by molar-refractivity contribution is -0.137. The molecule has 2 N–H and O–H groups in total. The van der Waals surface area contributed by atoms with Crippen molar-refractivity contribution in [2.24, 2.45) is 17.6 Å². The first-order valence-corrected chi connectivity index (χ1v) is 6.98. The first-order valence-electron chi connectivity index (χ1n) is 6.98. The van der Waals surface area contributed by atoms with Crippen LogP contribution in [0.4, 0.5) is 18.9 Å². The van der Waals surface area contributed by atoms with Gasteiger partial charge in [-0.2, -0.15) is 13.2 Å². The van der Waals surface area contributed by atoms with Crippen molar-refractivity contribution in [1.82, 2.24) is 0 Å². The molecule has 2 atom stereocenters. The summed E-state index contributed by atoms with van der Waals surface area (Å²) in [6.45, 7) is 5.89. The van der Waals surface area contributed by atoms with E-state index in [4.69, 9.17) is 5.73 Å². The summed E-state index contributed by atoms with van der Waals surface area (Å²) >= 11 is 0. The van der Waals surface area contributed by atoms with Crippen molar-refractivity contribution >= 4 is 5.69 Å². The van der Waals surface area contributed by atoms with E-state index in [9.17, 15) is 13.2 Å². The third-order valence-corrected chi connectivity index (χ3v) is 4.13. The van der Waals surface area contributed by atoms with E-state index in [2.05, 4.69) is 13.8 Å². The topological polar surface area (TPSA) is 29.3 Å². The van der Waals surface area contributed by atoms with Gasteiger partial charge in [0.2, 0.25) is 0 Å². The van der Waals surface area contributed by atoms with E-state index >= 15 is 0 Å². The van der Waals surface area contributed by atoms with Crippen molar-refractivity contribution in [3.63, 3.8) is 0 Å². The zero-order valence-electron chi connectivity index (χ0n) is 11.9. The Bertz CT molecular complexity index is 461. The third kappa shape index (κ3) is 3.08. The van der Waals surface area contributed by atoms with Crippen molar-refractivity contribution in [1.29, 1.82) is 0 Å². The molecule has 5 heteroatoms. The van der Waals surface area contributed by atoms with Gasteiger partial charge in [0.15, 0.2) is 0 Å². The lowest BCUT2D eigenvalue weighted by atomic mass is 10.0. The second-order valence-corrected chi connectivity index (χ2v) is 5.75. The molecule has 1 saturated heterocycles. The monoisotopic (exact) mass is 286 g/mol. The van der Waals surface area contributed by atoms with Gasteiger partial charge in [-0.15, -0.1) is 0 Å². The Kier molecular flexibility index (Phi) is 4.28. The molecule has 2 nitrogen and oxygen atoms in total. The zero-order valence-corrected chi connectivity index (χ0v) is 11.9. The first kappa shape index (κ1) is 15.2. The summed E-state index contributed by atoms with van der Waals surface area (Å²) in [6, 6.07) is 4.60. The standard InChI is InChI=1S/C15H21F3N2/c1-10-8-20(9-11(10)2)14-4-3-12(5-6-19)7-13(14)15(16,17)18/h3-4,7,10-11H,5-6,8-9,19H2,1-2H3. The highest BCUT2D eigenvalue weighted by Gasteiger charge is 2.37. The molecule has 1 fully saturated rings. The molecule has 1 heterocycles. The molecule has 112 valence electrons. The second kappa shape index (κ2) is 5.64.